The maximum atomic E-state index is 12.7. The summed E-state index contributed by atoms with van der Waals surface area (Å²) in [6.45, 7) is 6.35. The predicted molar refractivity (Wildman–Crippen MR) is 122 cm³/mol. The third-order valence-electron chi connectivity index (χ3n) is 7.16. The summed E-state index contributed by atoms with van der Waals surface area (Å²) in [5.41, 5.74) is 1.38. The molecule has 1 aromatic carbocycles. The topological polar surface area (TPSA) is 65.0 Å². The van der Waals surface area contributed by atoms with Gasteiger partial charge in [0.15, 0.2) is 6.10 Å². The Kier molecular flexibility index (Phi) is 8.36. The van der Waals surface area contributed by atoms with E-state index in [9.17, 15) is 9.90 Å². The van der Waals surface area contributed by atoms with Crippen LogP contribution in [0.3, 0.4) is 0 Å². The maximum absolute atomic E-state index is 12.7. The maximum Gasteiger partial charge on any atom is 0.252 e. The highest BCUT2D eigenvalue weighted by Gasteiger charge is 2.36. The molecule has 1 aliphatic carbocycles. The highest BCUT2D eigenvalue weighted by molar-refractivity contribution is 5.81. The Hall–Kier alpha value is -1.47. The summed E-state index contributed by atoms with van der Waals surface area (Å²) in [5.74, 6) is -0.112. The minimum absolute atomic E-state index is 0.0628. The lowest BCUT2D eigenvalue weighted by atomic mass is 9.94. The number of piperazine rings is 1. The van der Waals surface area contributed by atoms with E-state index in [0.717, 1.165) is 65.0 Å². The lowest BCUT2D eigenvalue weighted by molar-refractivity contribution is -0.159. The Bertz CT molecular complexity index is 672. The summed E-state index contributed by atoms with van der Waals surface area (Å²) in [5, 5.41) is 13.5. The summed E-state index contributed by atoms with van der Waals surface area (Å²) < 4.78 is 6.09. The molecule has 3 atom stereocenters. The molecule has 2 heterocycles. The van der Waals surface area contributed by atoms with Gasteiger partial charge in [-0.3, -0.25) is 9.69 Å². The first kappa shape index (κ1) is 22.7. The molecule has 6 nitrogen and oxygen atoms in total. The average Bonchev–Trinajstić information content (AvgIpc) is 2.81. The molecule has 172 valence electrons. The van der Waals surface area contributed by atoms with E-state index in [-0.39, 0.29) is 18.1 Å². The molecular weight excluding hydrogens is 390 g/mol. The number of carbonyl (C=O) groups is 1. The highest BCUT2D eigenvalue weighted by Crippen LogP contribution is 2.24. The molecule has 0 spiro atoms. The zero-order chi connectivity index (χ0) is 21.5. The van der Waals surface area contributed by atoms with Crippen molar-refractivity contribution in [3.8, 4) is 0 Å². The van der Waals surface area contributed by atoms with E-state index >= 15 is 0 Å². The largest absolute Gasteiger partial charge is 0.390 e. The standard InChI is InChI=1S/C25H39N3O3/c29-23-12-11-22(31-24(23)25(30)26-21-9-5-2-6-10-21)13-14-27-15-17-28(18-16-27)19-20-7-3-1-4-8-20/h1,3-4,7-8,21-24,29H,2,5-6,9-19H2,(H,26,30)/t22-,23-,24-/m0/s1. The van der Waals surface area contributed by atoms with Crippen LogP contribution in [0.4, 0.5) is 0 Å². The summed E-state index contributed by atoms with van der Waals surface area (Å²) in [7, 11) is 0. The van der Waals surface area contributed by atoms with Crippen LogP contribution < -0.4 is 5.32 Å². The van der Waals surface area contributed by atoms with Crippen molar-refractivity contribution < 1.29 is 14.6 Å². The lowest BCUT2D eigenvalue weighted by Gasteiger charge is -2.37. The summed E-state index contributed by atoms with van der Waals surface area (Å²) >= 11 is 0. The number of rotatable bonds is 7. The van der Waals surface area contributed by atoms with Crippen molar-refractivity contribution >= 4 is 5.91 Å². The van der Waals surface area contributed by atoms with Gasteiger partial charge in [-0.25, -0.2) is 0 Å². The smallest absolute Gasteiger partial charge is 0.252 e. The van der Waals surface area contributed by atoms with Crippen LogP contribution in [0.15, 0.2) is 30.3 Å². The number of nitrogens with one attached hydrogen (secondary N) is 1. The number of nitrogens with zero attached hydrogens (tertiary/aromatic N) is 2. The molecular formula is C25H39N3O3. The van der Waals surface area contributed by atoms with Gasteiger partial charge >= 0.3 is 0 Å². The second-order valence-corrected chi connectivity index (χ2v) is 9.56. The quantitative estimate of drug-likeness (QED) is 0.697. The molecule has 0 unspecified atom stereocenters. The van der Waals surface area contributed by atoms with Crippen molar-refractivity contribution in [2.24, 2.45) is 0 Å². The molecule has 2 aliphatic heterocycles. The highest BCUT2D eigenvalue weighted by atomic mass is 16.5. The molecule has 31 heavy (non-hydrogen) atoms. The zero-order valence-electron chi connectivity index (χ0n) is 18.8. The summed E-state index contributed by atoms with van der Waals surface area (Å²) in [4.78, 5) is 17.7. The third-order valence-corrected chi connectivity index (χ3v) is 7.16. The first-order chi connectivity index (χ1) is 15.2. The Balaban J connectivity index is 1.17. The lowest BCUT2D eigenvalue weighted by Crippen LogP contribution is -2.52. The summed E-state index contributed by atoms with van der Waals surface area (Å²) in [6, 6.07) is 10.9. The fourth-order valence-electron chi connectivity index (χ4n) is 5.19. The van der Waals surface area contributed by atoms with Crippen LogP contribution in [-0.4, -0.2) is 77.9 Å². The molecule has 2 N–H and O–H groups in total. The van der Waals surface area contributed by atoms with Crippen molar-refractivity contribution in [2.75, 3.05) is 32.7 Å². The molecule has 3 aliphatic rings. The number of hydrogen-bond acceptors (Lipinski definition) is 5. The fraction of sp³-hybridized carbons (Fsp3) is 0.720. The molecule has 0 aromatic heterocycles. The van der Waals surface area contributed by atoms with Crippen LogP contribution in [0.1, 0.15) is 56.9 Å². The Morgan fingerprint density at radius 2 is 1.68 bits per heavy atom. The molecule has 1 amide bonds. The van der Waals surface area contributed by atoms with Crippen molar-refractivity contribution in [2.45, 2.75) is 82.3 Å². The summed E-state index contributed by atoms with van der Waals surface area (Å²) in [6.07, 6.45) is 6.82. The van der Waals surface area contributed by atoms with E-state index in [1.165, 1.54) is 24.8 Å². The van der Waals surface area contributed by atoms with Gasteiger partial charge in [0, 0.05) is 45.3 Å². The SMILES string of the molecule is O=C(NC1CCCCC1)[C@H]1O[C@H](CCN2CCN(Cc3ccccc3)CC2)CC[C@@H]1O. The van der Waals surface area contributed by atoms with Gasteiger partial charge in [-0.15, -0.1) is 0 Å². The van der Waals surface area contributed by atoms with Crippen LogP contribution in [-0.2, 0) is 16.1 Å². The Labute approximate surface area is 186 Å². The van der Waals surface area contributed by atoms with Gasteiger partial charge in [0.2, 0.25) is 0 Å². The van der Waals surface area contributed by atoms with Crippen LogP contribution in [0.25, 0.3) is 0 Å². The molecule has 6 heteroatoms. The number of carbonyl (C=O) groups excluding carboxylic acids is 1. The van der Waals surface area contributed by atoms with Crippen LogP contribution >= 0.6 is 0 Å². The normalized spacial score (nSPS) is 29.0. The molecule has 3 fully saturated rings. The second-order valence-electron chi connectivity index (χ2n) is 9.56. The molecule has 1 aromatic rings. The van der Waals surface area contributed by atoms with Crippen molar-refractivity contribution in [3.63, 3.8) is 0 Å². The van der Waals surface area contributed by atoms with Gasteiger partial charge in [-0.1, -0.05) is 49.6 Å². The molecule has 0 radical (unpaired) electrons. The van der Waals surface area contributed by atoms with E-state index in [0.29, 0.717) is 6.42 Å². The number of ether oxygens (including phenoxy) is 1. The zero-order valence-corrected chi connectivity index (χ0v) is 18.8. The predicted octanol–water partition coefficient (Wildman–Crippen LogP) is 2.55. The number of aliphatic hydroxyl groups excluding tert-OH is 1. The van der Waals surface area contributed by atoms with E-state index in [1.54, 1.807) is 0 Å². The van der Waals surface area contributed by atoms with E-state index in [2.05, 4.69) is 45.4 Å². The van der Waals surface area contributed by atoms with E-state index < -0.39 is 12.2 Å². The molecule has 4 rings (SSSR count). The molecule has 0 bridgehead atoms. The first-order valence-electron chi connectivity index (χ1n) is 12.3. The number of amides is 1. The van der Waals surface area contributed by atoms with Gasteiger partial charge in [-0.05, 0) is 37.7 Å². The number of hydrogen-bond donors (Lipinski definition) is 2. The van der Waals surface area contributed by atoms with Crippen molar-refractivity contribution in [3.05, 3.63) is 35.9 Å². The van der Waals surface area contributed by atoms with Crippen LogP contribution in [0.2, 0.25) is 0 Å². The van der Waals surface area contributed by atoms with Gasteiger partial charge < -0.3 is 20.1 Å². The number of benzene rings is 1. The van der Waals surface area contributed by atoms with E-state index in [4.69, 9.17) is 4.74 Å². The van der Waals surface area contributed by atoms with Crippen LogP contribution in [0.5, 0.6) is 0 Å². The van der Waals surface area contributed by atoms with Crippen molar-refractivity contribution in [1.29, 1.82) is 0 Å². The Morgan fingerprint density at radius 1 is 0.968 bits per heavy atom. The number of aliphatic hydroxyl groups is 1. The van der Waals surface area contributed by atoms with Gasteiger partial charge in [-0.2, -0.15) is 0 Å². The van der Waals surface area contributed by atoms with Crippen LogP contribution in [0, 0.1) is 0 Å². The van der Waals surface area contributed by atoms with Gasteiger partial charge in [0.1, 0.15) is 0 Å². The molecule has 1 saturated carbocycles. The minimum Gasteiger partial charge on any atom is -0.390 e. The van der Waals surface area contributed by atoms with E-state index in [1.807, 2.05) is 0 Å². The Morgan fingerprint density at radius 3 is 2.42 bits per heavy atom. The first-order valence-corrected chi connectivity index (χ1v) is 12.3. The van der Waals surface area contributed by atoms with Crippen molar-refractivity contribution in [1.82, 2.24) is 15.1 Å². The second kappa shape index (κ2) is 11.4. The monoisotopic (exact) mass is 429 g/mol. The van der Waals surface area contributed by atoms with Gasteiger partial charge in [0.25, 0.3) is 5.91 Å². The minimum atomic E-state index is -0.705. The van der Waals surface area contributed by atoms with Gasteiger partial charge in [0.05, 0.1) is 12.2 Å². The molecule has 2 saturated heterocycles. The fourth-order valence-corrected chi connectivity index (χ4v) is 5.19. The average molecular weight is 430 g/mol. The third kappa shape index (κ3) is 6.75.